The summed E-state index contributed by atoms with van der Waals surface area (Å²) in [5, 5.41) is 12.1. The zero-order chi connectivity index (χ0) is 11.5. The van der Waals surface area contributed by atoms with Gasteiger partial charge in [0.05, 0.1) is 16.9 Å². The van der Waals surface area contributed by atoms with Gasteiger partial charge in [0.15, 0.2) is 0 Å². The van der Waals surface area contributed by atoms with E-state index in [-0.39, 0.29) is 0 Å². The van der Waals surface area contributed by atoms with Crippen LogP contribution in [0, 0.1) is 0 Å². The number of nitrogens with zero attached hydrogens (tertiary/aromatic N) is 1. The number of carboxylic acids is 1. The van der Waals surface area contributed by atoms with E-state index in [1.165, 1.54) is 12.8 Å². The highest BCUT2D eigenvalue weighted by molar-refractivity contribution is 5.98. The van der Waals surface area contributed by atoms with Crippen molar-refractivity contribution in [3.05, 3.63) is 23.8 Å². The van der Waals surface area contributed by atoms with E-state index in [2.05, 4.69) is 10.2 Å². The summed E-state index contributed by atoms with van der Waals surface area (Å²) in [4.78, 5) is 13.3. The normalized spacial score (nSPS) is 15.2. The fourth-order valence-corrected chi connectivity index (χ4v) is 2.20. The molecule has 1 aromatic carbocycles. The van der Waals surface area contributed by atoms with Gasteiger partial charge in [-0.25, -0.2) is 4.79 Å². The third-order valence-electron chi connectivity index (χ3n) is 2.97. The van der Waals surface area contributed by atoms with Crippen LogP contribution in [0.25, 0.3) is 0 Å². The monoisotopic (exact) mass is 220 g/mol. The van der Waals surface area contributed by atoms with Gasteiger partial charge < -0.3 is 15.3 Å². The van der Waals surface area contributed by atoms with Gasteiger partial charge in [-0.2, -0.15) is 0 Å². The predicted octanol–water partition coefficient (Wildman–Crippen LogP) is 2.03. The van der Waals surface area contributed by atoms with E-state index in [4.69, 9.17) is 5.11 Å². The van der Waals surface area contributed by atoms with E-state index >= 15 is 0 Å². The van der Waals surface area contributed by atoms with E-state index in [1.807, 2.05) is 6.07 Å². The van der Waals surface area contributed by atoms with Crippen LogP contribution in [-0.2, 0) is 0 Å². The van der Waals surface area contributed by atoms with Gasteiger partial charge in [-0.05, 0) is 25.0 Å². The lowest BCUT2D eigenvalue weighted by Crippen LogP contribution is -2.20. The van der Waals surface area contributed by atoms with Crippen LogP contribution in [0.3, 0.4) is 0 Å². The van der Waals surface area contributed by atoms with Crippen LogP contribution in [0.5, 0.6) is 0 Å². The Hall–Kier alpha value is -1.71. The minimum absolute atomic E-state index is 0.340. The average Bonchev–Trinajstić information content (AvgIpc) is 2.81. The van der Waals surface area contributed by atoms with E-state index in [0.717, 1.165) is 24.5 Å². The molecule has 0 radical (unpaired) electrons. The molecule has 0 aromatic heterocycles. The highest BCUT2D eigenvalue weighted by Gasteiger charge is 2.19. The van der Waals surface area contributed by atoms with E-state index in [0.29, 0.717) is 5.56 Å². The Balaban J connectivity index is 2.43. The van der Waals surface area contributed by atoms with Crippen molar-refractivity contribution in [3.8, 4) is 0 Å². The van der Waals surface area contributed by atoms with Crippen LogP contribution in [0.4, 0.5) is 11.4 Å². The van der Waals surface area contributed by atoms with Crippen LogP contribution >= 0.6 is 0 Å². The molecule has 0 amide bonds. The van der Waals surface area contributed by atoms with E-state index in [1.54, 1.807) is 19.2 Å². The second kappa shape index (κ2) is 4.43. The molecule has 2 rings (SSSR count). The zero-order valence-electron chi connectivity index (χ0n) is 9.36. The summed E-state index contributed by atoms with van der Waals surface area (Å²) >= 11 is 0. The number of anilines is 2. The fraction of sp³-hybridized carbons (Fsp3) is 0.417. The molecular formula is C12H16N2O2. The van der Waals surface area contributed by atoms with Gasteiger partial charge in [0.25, 0.3) is 0 Å². The highest BCUT2D eigenvalue weighted by atomic mass is 16.4. The first-order valence-electron chi connectivity index (χ1n) is 5.53. The second-order valence-electron chi connectivity index (χ2n) is 3.95. The molecule has 1 aliphatic rings. The van der Waals surface area contributed by atoms with Crippen molar-refractivity contribution in [3.63, 3.8) is 0 Å². The quantitative estimate of drug-likeness (QED) is 0.818. The summed E-state index contributed by atoms with van der Waals surface area (Å²) in [7, 11) is 1.77. The van der Waals surface area contributed by atoms with Crippen molar-refractivity contribution < 1.29 is 9.90 Å². The van der Waals surface area contributed by atoms with Crippen molar-refractivity contribution in [2.45, 2.75) is 12.8 Å². The Labute approximate surface area is 94.9 Å². The number of rotatable bonds is 3. The molecule has 4 heteroatoms. The molecule has 0 spiro atoms. The molecule has 1 aliphatic heterocycles. The zero-order valence-corrected chi connectivity index (χ0v) is 9.36. The van der Waals surface area contributed by atoms with Crippen LogP contribution < -0.4 is 10.2 Å². The molecule has 4 nitrogen and oxygen atoms in total. The Bertz CT molecular complexity index is 398. The Morgan fingerprint density at radius 2 is 2.06 bits per heavy atom. The number of nitrogens with one attached hydrogen (secondary N) is 1. The number of aromatic carboxylic acids is 1. The predicted molar refractivity (Wildman–Crippen MR) is 64.4 cm³/mol. The minimum Gasteiger partial charge on any atom is -0.478 e. The number of hydrogen-bond donors (Lipinski definition) is 2. The van der Waals surface area contributed by atoms with Gasteiger partial charge >= 0.3 is 5.97 Å². The molecule has 0 atom stereocenters. The second-order valence-corrected chi connectivity index (χ2v) is 3.95. The maximum absolute atomic E-state index is 11.1. The van der Waals surface area contributed by atoms with Gasteiger partial charge in [0.1, 0.15) is 0 Å². The van der Waals surface area contributed by atoms with E-state index in [9.17, 15) is 4.79 Å². The van der Waals surface area contributed by atoms with Gasteiger partial charge in [0.2, 0.25) is 0 Å². The molecule has 1 saturated heterocycles. The SMILES string of the molecule is CNc1c(C(=O)O)cccc1N1CCCC1. The molecule has 1 fully saturated rings. The third kappa shape index (κ3) is 1.83. The Morgan fingerprint density at radius 3 is 2.62 bits per heavy atom. The van der Waals surface area contributed by atoms with Crippen LogP contribution in [-0.4, -0.2) is 31.2 Å². The lowest BCUT2D eigenvalue weighted by molar-refractivity contribution is 0.0698. The first-order valence-corrected chi connectivity index (χ1v) is 5.53. The summed E-state index contributed by atoms with van der Waals surface area (Å²) in [6.45, 7) is 2.02. The molecule has 1 heterocycles. The first-order chi connectivity index (χ1) is 7.74. The molecule has 0 bridgehead atoms. The maximum atomic E-state index is 11.1. The lowest BCUT2D eigenvalue weighted by atomic mass is 10.1. The summed E-state index contributed by atoms with van der Waals surface area (Å²) in [5.74, 6) is -0.884. The molecule has 0 saturated carbocycles. The Morgan fingerprint density at radius 1 is 1.38 bits per heavy atom. The van der Waals surface area contributed by atoms with Gasteiger partial charge in [0, 0.05) is 20.1 Å². The number of carbonyl (C=O) groups is 1. The third-order valence-corrected chi connectivity index (χ3v) is 2.97. The summed E-state index contributed by atoms with van der Waals surface area (Å²) < 4.78 is 0. The van der Waals surface area contributed by atoms with Crippen molar-refractivity contribution >= 4 is 17.3 Å². The van der Waals surface area contributed by atoms with Crippen molar-refractivity contribution in [2.24, 2.45) is 0 Å². The topological polar surface area (TPSA) is 52.6 Å². The smallest absolute Gasteiger partial charge is 0.337 e. The molecular weight excluding hydrogens is 204 g/mol. The molecule has 1 aromatic rings. The van der Waals surface area contributed by atoms with Gasteiger partial charge in [-0.3, -0.25) is 0 Å². The van der Waals surface area contributed by atoms with Gasteiger partial charge in [-0.15, -0.1) is 0 Å². The highest BCUT2D eigenvalue weighted by Crippen LogP contribution is 2.31. The standard InChI is InChI=1S/C12H16N2O2/c1-13-11-9(12(15)16)5-4-6-10(11)14-7-2-3-8-14/h4-6,13H,2-3,7-8H2,1H3,(H,15,16). The van der Waals surface area contributed by atoms with Crippen molar-refractivity contribution in [1.82, 2.24) is 0 Å². The Kier molecular flexibility index (Phi) is 2.99. The van der Waals surface area contributed by atoms with Crippen LogP contribution in [0.15, 0.2) is 18.2 Å². The fourth-order valence-electron chi connectivity index (χ4n) is 2.20. The summed E-state index contributed by atoms with van der Waals surface area (Å²) in [6, 6.07) is 5.41. The number of para-hydroxylation sites is 1. The molecule has 16 heavy (non-hydrogen) atoms. The number of benzene rings is 1. The van der Waals surface area contributed by atoms with Crippen LogP contribution in [0.1, 0.15) is 23.2 Å². The largest absolute Gasteiger partial charge is 0.478 e. The van der Waals surface area contributed by atoms with Crippen molar-refractivity contribution in [2.75, 3.05) is 30.4 Å². The average molecular weight is 220 g/mol. The van der Waals surface area contributed by atoms with E-state index < -0.39 is 5.97 Å². The summed E-state index contributed by atoms with van der Waals surface area (Å²) in [5.41, 5.74) is 2.06. The number of carboxylic acid groups (broad SMARTS) is 1. The van der Waals surface area contributed by atoms with Crippen molar-refractivity contribution in [1.29, 1.82) is 0 Å². The summed E-state index contributed by atoms with van der Waals surface area (Å²) in [6.07, 6.45) is 2.36. The molecule has 0 unspecified atom stereocenters. The molecule has 0 aliphatic carbocycles. The molecule has 86 valence electrons. The van der Waals surface area contributed by atoms with Crippen LogP contribution in [0.2, 0.25) is 0 Å². The number of hydrogen-bond acceptors (Lipinski definition) is 3. The minimum atomic E-state index is -0.884. The lowest BCUT2D eigenvalue weighted by Gasteiger charge is -2.22. The van der Waals surface area contributed by atoms with Gasteiger partial charge in [-0.1, -0.05) is 6.07 Å². The molecule has 2 N–H and O–H groups in total. The first kappa shape index (κ1) is 10.8. The maximum Gasteiger partial charge on any atom is 0.337 e.